The number of aryl methyl sites for hydroxylation is 1. The van der Waals surface area contributed by atoms with E-state index in [-0.39, 0.29) is 11.9 Å². The first kappa shape index (κ1) is 15.2. The Balaban J connectivity index is 2.38. The maximum atomic E-state index is 12.0. The molecule has 6 nitrogen and oxygen atoms in total. The van der Waals surface area contributed by atoms with Gasteiger partial charge in [-0.3, -0.25) is 4.79 Å². The van der Waals surface area contributed by atoms with Gasteiger partial charge in [-0.1, -0.05) is 31.2 Å². The van der Waals surface area contributed by atoms with Gasteiger partial charge < -0.3 is 9.47 Å². The molecule has 6 heteroatoms. The molecule has 0 spiro atoms. The van der Waals surface area contributed by atoms with Crippen LogP contribution in [0.3, 0.4) is 0 Å². The van der Waals surface area contributed by atoms with Crippen LogP contribution in [0.4, 0.5) is 0 Å². The number of benzene rings is 1. The lowest BCUT2D eigenvalue weighted by Gasteiger charge is -2.05. The van der Waals surface area contributed by atoms with Crippen LogP contribution in [0.2, 0.25) is 0 Å². The highest BCUT2D eigenvalue weighted by atomic mass is 16.5. The van der Waals surface area contributed by atoms with E-state index in [9.17, 15) is 4.79 Å². The van der Waals surface area contributed by atoms with Crippen molar-refractivity contribution in [2.24, 2.45) is 0 Å². The summed E-state index contributed by atoms with van der Waals surface area (Å²) < 4.78 is 11.6. The molecule has 2 aromatic rings. The Labute approximate surface area is 123 Å². The molecular formula is C15H19N3O3. The molecule has 0 saturated heterocycles. The van der Waals surface area contributed by atoms with Crippen molar-refractivity contribution in [3.05, 3.63) is 29.8 Å². The second kappa shape index (κ2) is 6.99. The van der Waals surface area contributed by atoms with Crippen molar-refractivity contribution in [1.29, 1.82) is 0 Å². The molecule has 0 aliphatic rings. The monoisotopic (exact) mass is 289 g/mol. The molecule has 112 valence electrons. The van der Waals surface area contributed by atoms with Crippen molar-refractivity contribution < 1.29 is 14.3 Å². The van der Waals surface area contributed by atoms with Crippen LogP contribution >= 0.6 is 0 Å². The molecular weight excluding hydrogens is 270 g/mol. The summed E-state index contributed by atoms with van der Waals surface area (Å²) in [7, 11) is 1.59. The highest BCUT2D eigenvalue weighted by Gasteiger charge is 2.18. The number of nitrogens with zero attached hydrogens (tertiary/aromatic N) is 3. The van der Waals surface area contributed by atoms with Gasteiger partial charge in [0.25, 0.3) is 0 Å². The lowest BCUT2D eigenvalue weighted by molar-refractivity contribution is 0.0891. The van der Waals surface area contributed by atoms with Crippen LogP contribution in [0.15, 0.2) is 24.3 Å². The number of aromatic nitrogens is 3. The van der Waals surface area contributed by atoms with Crippen molar-refractivity contribution >= 4 is 5.91 Å². The van der Waals surface area contributed by atoms with E-state index in [4.69, 9.17) is 9.47 Å². The molecule has 0 aliphatic carbocycles. The zero-order valence-corrected chi connectivity index (χ0v) is 12.5. The SMILES string of the molecule is CCC(=O)n1nc(OCCOC)nc1-c1ccccc1C. The van der Waals surface area contributed by atoms with Crippen LogP contribution in [-0.2, 0) is 4.74 Å². The maximum Gasteiger partial charge on any atom is 0.336 e. The molecule has 0 bridgehead atoms. The normalized spacial score (nSPS) is 10.6. The first-order chi connectivity index (χ1) is 10.2. The van der Waals surface area contributed by atoms with Crippen LogP contribution in [0.5, 0.6) is 6.01 Å². The molecule has 0 N–H and O–H groups in total. The Morgan fingerprint density at radius 2 is 2.05 bits per heavy atom. The van der Waals surface area contributed by atoms with Gasteiger partial charge in [0.2, 0.25) is 5.91 Å². The summed E-state index contributed by atoms with van der Waals surface area (Å²) in [5.41, 5.74) is 1.90. The molecule has 0 fully saturated rings. The van der Waals surface area contributed by atoms with E-state index in [1.807, 2.05) is 31.2 Å². The number of ether oxygens (including phenoxy) is 2. The molecule has 0 saturated carbocycles. The topological polar surface area (TPSA) is 66.2 Å². The van der Waals surface area contributed by atoms with E-state index in [0.717, 1.165) is 11.1 Å². The Kier molecular flexibility index (Phi) is 5.05. The fourth-order valence-corrected chi connectivity index (χ4v) is 1.89. The van der Waals surface area contributed by atoms with Crippen LogP contribution in [0.1, 0.15) is 23.7 Å². The third-order valence-electron chi connectivity index (χ3n) is 3.03. The van der Waals surface area contributed by atoms with E-state index >= 15 is 0 Å². The molecule has 1 aromatic carbocycles. The fourth-order valence-electron chi connectivity index (χ4n) is 1.89. The first-order valence-corrected chi connectivity index (χ1v) is 6.85. The van der Waals surface area contributed by atoms with E-state index in [0.29, 0.717) is 25.5 Å². The number of carbonyl (C=O) groups is 1. The largest absolute Gasteiger partial charge is 0.460 e. The number of hydrogen-bond acceptors (Lipinski definition) is 5. The van der Waals surface area contributed by atoms with E-state index in [1.165, 1.54) is 4.68 Å². The molecule has 0 unspecified atom stereocenters. The van der Waals surface area contributed by atoms with Crippen LogP contribution in [-0.4, -0.2) is 41.0 Å². The van der Waals surface area contributed by atoms with Crippen LogP contribution in [0.25, 0.3) is 11.4 Å². The third-order valence-corrected chi connectivity index (χ3v) is 3.03. The van der Waals surface area contributed by atoms with Crippen molar-refractivity contribution in [3.8, 4) is 17.4 Å². The predicted octanol–water partition coefficient (Wildman–Crippen LogP) is 2.33. The molecule has 0 amide bonds. The molecule has 0 radical (unpaired) electrons. The van der Waals surface area contributed by atoms with E-state index in [2.05, 4.69) is 10.1 Å². The minimum Gasteiger partial charge on any atom is -0.460 e. The molecule has 0 atom stereocenters. The molecule has 0 aliphatic heterocycles. The van der Waals surface area contributed by atoms with Gasteiger partial charge in [0.1, 0.15) is 6.61 Å². The summed E-state index contributed by atoms with van der Waals surface area (Å²) in [6.45, 7) is 4.54. The quantitative estimate of drug-likeness (QED) is 0.764. The van der Waals surface area contributed by atoms with Gasteiger partial charge in [-0.05, 0) is 12.5 Å². The van der Waals surface area contributed by atoms with Gasteiger partial charge in [0.05, 0.1) is 6.61 Å². The number of methoxy groups -OCH3 is 1. The highest BCUT2D eigenvalue weighted by molar-refractivity contribution is 5.82. The summed E-state index contributed by atoms with van der Waals surface area (Å²) in [4.78, 5) is 16.4. The highest BCUT2D eigenvalue weighted by Crippen LogP contribution is 2.23. The first-order valence-electron chi connectivity index (χ1n) is 6.85. The van der Waals surface area contributed by atoms with Crippen molar-refractivity contribution in [3.63, 3.8) is 0 Å². The smallest absolute Gasteiger partial charge is 0.336 e. The molecule has 21 heavy (non-hydrogen) atoms. The fraction of sp³-hybridized carbons (Fsp3) is 0.400. The van der Waals surface area contributed by atoms with Gasteiger partial charge >= 0.3 is 6.01 Å². The van der Waals surface area contributed by atoms with E-state index in [1.54, 1.807) is 14.0 Å². The average Bonchev–Trinajstić information content (AvgIpc) is 2.91. The number of rotatable bonds is 6. The zero-order valence-electron chi connectivity index (χ0n) is 12.5. The van der Waals surface area contributed by atoms with Gasteiger partial charge in [0.15, 0.2) is 5.82 Å². The van der Waals surface area contributed by atoms with Gasteiger partial charge in [0, 0.05) is 19.1 Å². The van der Waals surface area contributed by atoms with Crippen molar-refractivity contribution in [2.45, 2.75) is 20.3 Å². The zero-order chi connectivity index (χ0) is 15.2. The molecule has 1 aromatic heterocycles. The van der Waals surface area contributed by atoms with Crippen LogP contribution < -0.4 is 4.74 Å². The predicted molar refractivity (Wildman–Crippen MR) is 78.5 cm³/mol. The number of hydrogen-bond donors (Lipinski definition) is 0. The number of carbonyl (C=O) groups excluding carboxylic acids is 1. The Morgan fingerprint density at radius 3 is 2.71 bits per heavy atom. The summed E-state index contributed by atoms with van der Waals surface area (Å²) in [6.07, 6.45) is 0.347. The third kappa shape index (κ3) is 3.46. The minimum absolute atomic E-state index is 0.123. The second-order valence-electron chi connectivity index (χ2n) is 4.53. The van der Waals surface area contributed by atoms with Gasteiger partial charge in [-0.2, -0.15) is 9.67 Å². The van der Waals surface area contributed by atoms with Crippen LogP contribution in [0, 0.1) is 6.92 Å². The lowest BCUT2D eigenvalue weighted by Crippen LogP contribution is -2.13. The maximum absolute atomic E-state index is 12.0. The Bertz CT molecular complexity index is 622. The van der Waals surface area contributed by atoms with Gasteiger partial charge in [-0.25, -0.2) is 0 Å². The van der Waals surface area contributed by atoms with Crippen molar-refractivity contribution in [1.82, 2.24) is 14.8 Å². The Hall–Kier alpha value is -2.21. The molecule has 2 rings (SSSR count). The van der Waals surface area contributed by atoms with E-state index < -0.39 is 0 Å². The summed E-state index contributed by atoms with van der Waals surface area (Å²) in [6, 6.07) is 7.92. The average molecular weight is 289 g/mol. The van der Waals surface area contributed by atoms with Gasteiger partial charge in [-0.15, -0.1) is 5.10 Å². The minimum atomic E-state index is -0.123. The standard InChI is InChI=1S/C15H19N3O3/c1-4-13(19)18-14(12-8-6-5-7-11(12)2)16-15(17-18)21-10-9-20-3/h5-8H,4,9-10H2,1-3H3. The second-order valence-corrected chi connectivity index (χ2v) is 4.53. The summed E-state index contributed by atoms with van der Waals surface area (Å²) in [5, 5.41) is 4.15. The van der Waals surface area contributed by atoms with Crippen molar-refractivity contribution in [2.75, 3.05) is 20.3 Å². The molecule has 1 heterocycles. The summed E-state index contributed by atoms with van der Waals surface area (Å²) >= 11 is 0. The Morgan fingerprint density at radius 1 is 1.29 bits per heavy atom. The lowest BCUT2D eigenvalue weighted by atomic mass is 10.1. The summed E-state index contributed by atoms with van der Waals surface area (Å²) in [5.74, 6) is 0.384.